The largest absolute Gasteiger partial charge is 0.508 e. The van der Waals surface area contributed by atoms with E-state index in [-0.39, 0.29) is 34.2 Å². The third kappa shape index (κ3) is 4.52. The highest BCUT2D eigenvalue weighted by Crippen LogP contribution is 2.47. The SMILES string of the molecule is COc1c(OC(C)C)c(CN2CCCC2)c2oc(Sc3ccc(O)cc3)cc(=O)c2c1O. The zero-order valence-electron chi connectivity index (χ0n) is 18.4. The number of likely N-dealkylation sites (tertiary alicyclic amines) is 1. The number of rotatable bonds is 7. The highest BCUT2D eigenvalue weighted by Gasteiger charge is 2.28. The highest BCUT2D eigenvalue weighted by atomic mass is 32.2. The van der Waals surface area contributed by atoms with Gasteiger partial charge in [-0.3, -0.25) is 9.69 Å². The first-order valence-corrected chi connectivity index (χ1v) is 11.4. The van der Waals surface area contributed by atoms with Crippen LogP contribution in [0.4, 0.5) is 0 Å². The van der Waals surface area contributed by atoms with Gasteiger partial charge in [0, 0.05) is 17.5 Å². The fraction of sp³-hybridized carbons (Fsp3) is 0.375. The third-order valence-corrected chi connectivity index (χ3v) is 6.23. The molecule has 0 radical (unpaired) electrons. The standard InChI is InChI=1S/C24H27NO6S/c1-14(2)30-23-17(13-25-10-4-5-11-25)22-20(21(28)24(23)29-3)18(27)12-19(31-22)32-16-8-6-15(26)7-9-16/h6-9,12,14,26,28H,4-5,10-11,13H2,1-3H3. The van der Waals surface area contributed by atoms with Crippen LogP contribution in [0.25, 0.3) is 11.0 Å². The molecule has 2 aromatic carbocycles. The van der Waals surface area contributed by atoms with Gasteiger partial charge in [-0.15, -0.1) is 0 Å². The van der Waals surface area contributed by atoms with Gasteiger partial charge in [0.05, 0.1) is 18.8 Å². The predicted octanol–water partition coefficient (Wildman–Crippen LogP) is 4.75. The smallest absolute Gasteiger partial charge is 0.204 e. The predicted molar refractivity (Wildman–Crippen MR) is 123 cm³/mol. The van der Waals surface area contributed by atoms with E-state index in [9.17, 15) is 15.0 Å². The molecule has 4 rings (SSSR count). The van der Waals surface area contributed by atoms with Gasteiger partial charge in [-0.1, -0.05) is 11.8 Å². The van der Waals surface area contributed by atoms with E-state index in [4.69, 9.17) is 13.9 Å². The summed E-state index contributed by atoms with van der Waals surface area (Å²) in [6.45, 7) is 6.20. The molecule has 7 nitrogen and oxygen atoms in total. The molecule has 170 valence electrons. The van der Waals surface area contributed by atoms with Crippen molar-refractivity contribution in [3.63, 3.8) is 0 Å². The lowest BCUT2D eigenvalue weighted by molar-refractivity contribution is 0.219. The average molecular weight is 458 g/mol. The Kier molecular flexibility index (Phi) is 6.53. The molecule has 1 aliphatic rings. The van der Waals surface area contributed by atoms with E-state index in [1.54, 1.807) is 24.3 Å². The van der Waals surface area contributed by atoms with Gasteiger partial charge in [-0.2, -0.15) is 0 Å². The molecule has 0 bridgehead atoms. The molecule has 0 unspecified atom stereocenters. The van der Waals surface area contributed by atoms with Crippen molar-refractivity contribution in [2.75, 3.05) is 20.2 Å². The first-order chi connectivity index (χ1) is 15.4. The van der Waals surface area contributed by atoms with Crippen LogP contribution in [0.2, 0.25) is 0 Å². The van der Waals surface area contributed by atoms with E-state index in [1.165, 1.54) is 24.9 Å². The number of hydrogen-bond acceptors (Lipinski definition) is 8. The molecule has 3 aromatic rings. The highest BCUT2D eigenvalue weighted by molar-refractivity contribution is 7.99. The monoisotopic (exact) mass is 457 g/mol. The van der Waals surface area contributed by atoms with E-state index < -0.39 is 0 Å². The van der Waals surface area contributed by atoms with Crippen molar-refractivity contribution in [1.29, 1.82) is 0 Å². The van der Waals surface area contributed by atoms with Gasteiger partial charge < -0.3 is 24.1 Å². The van der Waals surface area contributed by atoms with Crippen molar-refractivity contribution in [3.8, 4) is 23.0 Å². The van der Waals surface area contributed by atoms with Gasteiger partial charge in [0.2, 0.25) is 5.75 Å². The average Bonchev–Trinajstić information content (AvgIpc) is 3.25. The summed E-state index contributed by atoms with van der Waals surface area (Å²) in [5.41, 5.74) is 0.636. The number of fused-ring (bicyclic) bond motifs is 1. The summed E-state index contributed by atoms with van der Waals surface area (Å²) in [7, 11) is 1.45. The summed E-state index contributed by atoms with van der Waals surface area (Å²) in [4.78, 5) is 16.2. The van der Waals surface area contributed by atoms with Crippen LogP contribution in [-0.4, -0.2) is 41.4 Å². The fourth-order valence-corrected chi connectivity index (χ4v) is 4.70. The molecular formula is C24H27NO6S. The molecule has 1 fully saturated rings. The zero-order valence-corrected chi connectivity index (χ0v) is 19.2. The van der Waals surface area contributed by atoms with E-state index in [0.29, 0.717) is 28.5 Å². The van der Waals surface area contributed by atoms with Crippen LogP contribution in [0.5, 0.6) is 23.0 Å². The van der Waals surface area contributed by atoms with Gasteiger partial charge >= 0.3 is 0 Å². The number of ether oxygens (including phenoxy) is 2. The Hall–Kier alpha value is -2.84. The topological polar surface area (TPSA) is 92.4 Å². The molecule has 2 heterocycles. The van der Waals surface area contributed by atoms with Crippen LogP contribution in [0.15, 0.2) is 49.5 Å². The molecular weight excluding hydrogens is 430 g/mol. The number of methoxy groups -OCH3 is 1. The van der Waals surface area contributed by atoms with Gasteiger partial charge in [-0.25, -0.2) is 0 Å². The minimum atomic E-state index is -0.359. The molecule has 32 heavy (non-hydrogen) atoms. The molecule has 1 aromatic heterocycles. The van der Waals surface area contributed by atoms with Crippen LogP contribution in [0, 0.1) is 0 Å². The van der Waals surface area contributed by atoms with Crippen molar-refractivity contribution in [1.82, 2.24) is 4.90 Å². The van der Waals surface area contributed by atoms with Gasteiger partial charge in [-0.05, 0) is 64.0 Å². The van der Waals surface area contributed by atoms with Crippen molar-refractivity contribution in [2.24, 2.45) is 0 Å². The molecule has 0 spiro atoms. The summed E-state index contributed by atoms with van der Waals surface area (Å²) in [6, 6.07) is 8.00. The second-order valence-electron chi connectivity index (χ2n) is 8.07. The van der Waals surface area contributed by atoms with Gasteiger partial charge in [0.25, 0.3) is 0 Å². The minimum Gasteiger partial charge on any atom is -0.508 e. The number of benzene rings is 2. The van der Waals surface area contributed by atoms with Crippen LogP contribution in [0.3, 0.4) is 0 Å². The van der Waals surface area contributed by atoms with E-state index >= 15 is 0 Å². The maximum Gasteiger partial charge on any atom is 0.204 e. The zero-order chi connectivity index (χ0) is 22.8. The third-order valence-electron chi connectivity index (χ3n) is 5.32. The summed E-state index contributed by atoms with van der Waals surface area (Å²) < 4.78 is 17.7. The van der Waals surface area contributed by atoms with Gasteiger partial charge in [0.1, 0.15) is 11.1 Å². The Morgan fingerprint density at radius 3 is 2.44 bits per heavy atom. The van der Waals surface area contributed by atoms with Crippen LogP contribution in [0.1, 0.15) is 32.3 Å². The van der Waals surface area contributed by atoms with Crippen LogP contribution >= 0.6 is 11.8 Å². The molecule has 2 N–H and O–H groups in total. The summed E-state index contributed by atoms with van der Waals surface area (Å²) >= 11 is 1.27. The maximum absolute atomic E-state index is 13.1. The van der Waals surface area contributed by atoms with Crippen molar-refractivity contribution >= 4 is 22.7 Å². The van der Waals surface area contributed by atoms with Crippen molar-refractivity contribution in [3.05, 3.63) is 46.1 Å². The van der Waals surface area contributed by atoms with Crippen molar-refractivity contribution in [2.45, 2.75) is 49.3 Å². The van der Waals surface area contributed by atoms with E-state index in [0.717, 1.165) is 30.8 Å². The summed E-state index contributed by atoms with van der Waals surface area (Å²) in [5, 5.41) is 20.9. The lowest BCUT2D eigenvalue weighted by Gasteiger charge is -2.23. The Balaban J connectivity index is 1.91. The van der Waals surface area contributed by atoms with Gasteiger partial charge in [0.15, 0.2) is 27.6 Å². The number of phenolic OH excluding ortho intramolecular Hbond substituents is 2. The lowest BCUT2D eigenvalue weighted by atomic mass is 10.1. The Morgan fingerprint density at radius 2 is 1.81 bits per heavy atom. The first kappa shape index (κ1) is 22.4. The number of aromatic hydroxyl groups is 2. The van der Waals surface area contributed by atoms with E-state index in [1.807, 2.05) is 13.8 Å². The van der Waals surface area contributed by atoms with Crippen LogP contribution in [-0.2, 0) is 6.54 Å². The Labute approximate surface area is 190 Å². The lowest BCUT2D eigenvalue weighted by Crippen LogP contribution is -2.21. The molecule has 0 saturated carbocycles. The molecule has 8 heteroatoms. The molecule has 1 saturated heterocycles. The molecule has 0 aliphatic carbocycles. The molecule has 0 atom stereocenters. The Morgan fingerprint density at radius 1 is 1.12 bits per heavy atom. The first-order valence-electron chi connectivity index (χ1n) is 10.6. The second kappa shape index (κ2) is 9.34. The molecule has 1 aliphatic heterocycles. The fourth-order valence-electron chi connectivity index (χ4n) is 3.91. The van der Waals surface area contributed by atoms with Crippen molar-refractivity contribution < 1.29 is 24.1 Å². The van der Waals surface area contributed by atoms with Crippen LogP contribution < -0.4 is 14.9 Å². The quantitative estimate of drug-likeness (QED) is 0.525. The number of hydrogen-bond donors (Lipinski definition) is 2. The summed E-state index contributed by atoms with van der Waals surface area (Å²) in [5.74, 6) is 0.425. The Bertz CT molecular complexity index is 1170. The normalized spacial score (nSPS) is 14.4. The van der Waals surface area contributed by atoms with E-state index in [2.05, 4.69) is 4.90 Å². The molecule has 0 amide bonds. The minimum absolute atomic E-state index is 0.0854. The number of phenols is 2. The second-order valence-corrected chi connectivity index (χ2v) is 9.15. The maximum atomic E-state index is 13.1. The summed E-state index contributed by atoms with van der Waals surface area (Å²) in [6.07, 6.45) is 2.05. The number of nitrogens with zero attached hydrogens (tertiary/aromatic N) is 1.